The number of nitrogens with one attached hydrogen (secondary N) is 2. The molecule has 2 aromatic carbocycles. The zero-order valence-corrected chi connectivity index (χ0v) is 21.3. The van der Waals surface area contributed by atoms with Crippen LogP contribution in [0.4, 0.5) is 4.39 Å². The van der Waals surface area contributed by atoms with E-state index in [4.69, 9.17) is 4.74 Å². The van der Waals surface area contributed by atoms with E-state index >= 15 is 0 Å². The molecule has 1 saturated carbocycles. The SMILES string of the molecule is O=c1[nH]cnc(CC(CN[C@H]2C[C@@H](F)C2)c2ccc(C#Cc3ccc(CN4CCOCC4)cc3)cc2)c1O. The van der Waals surface area contributed by atoms with E-state index in [0.717, 1.165) is 49.5 Å². The van der Waals surface area contributed by atoms with Gasteiger partial charge in [-0.25, -0.2) is 9.37 Å². The maximum absolute atomic E-state index is 13.3. The number of rotatable bonds is 8. The second-order valence-electron chi connectivity index (χ2n) is 10.1. The first-order valence-corrected chi connectivity index (χ1v) is 13.2. The largest absolute Gasteiger partial charge is 0.502 e. The van der Waals surface area contributed by atoms with E-state index in [1.54, 1.807) is 0 Å². The number of halogens is 1. The fourth-order valence-corrected chi connectivity index (χ4v) is 4.84. The molecule has 38 heavy (non-hydrogen) atoms. The third-order valence-corrected chi connectivity index (χ3v) is 7.27. The number of hydrogen-bond acceptors (Lipinski definition) is 6. The van der Waals surface area contributed by atoms with Gasteiger partial charge in [0.2, 0.25) is 5.75 Å². The molecule has 2 fully saturated rings. The van der Waals surface area contributed by atoms with Crippen LogP contribution in [-0.4, -0.2) is 65.0 Å². The van der Waals surface area contributed by atoms with Crippen molar-refractivity contribution in [3.8, 4) is 17.6 Å². The van der Waals surface area contributed by atoms with Crippen LogP contribution in [0.15, 0.2) is 59.7 Å². The minimum Gasteiger partial charge on any atom is -0.502 e. The molecule has 1 aliphatic carbocycles. The van der Waals surface area contributed by atoms with Crippen LogP contribution in [0.2, 0.25) is 0 Å². The maximum Gasteiger partial charge on any atom is 0.293 e. The molecule has 1 saturated heterocycles. The Balaban J connectivity index is 1.24. The molecule has 5 rings (SSSR count). The van der Waals surface area contributed by atoms with Crippen LogP contribution < -0.4 is 10.9 Å². The highest BCUT2D eigenvalue weighted by Crippen LogP contribution is 2.26. The first kappa shape index (κ1) is 26.1. The number of aromatic nitrogens is 2. The standard InChI is InChI=1S/C30H33FN4O3/c31-26-16-27(17-26)32-18-25(15-28-29(36)30(37)34-20-33-28)24-9-7-22(8-10-24)2-1-21-3-5-23(6-4-21)19-35-11-13-38-14-12-35/h3-10,20,25-27,32,36H,11-19H2,(H,33,34,37)/t25?,26-,27+. The molecule has 1 aromatic heterocycles. The quantitative estimate of drug-likeness (QED) is 0.399. The molecule has 3 aromatic rings. The number of nitrogens with zero attached hydrogens (tertiary/aromatic N) is 2. The monoisotopic (exact) mass is 516 g/mol. The first-order chi connectivity index (χ1) is 18.5. The molecule has 1 unspecified atom stereocenters. The summed E-state index contributed by atoms with van der Waals surface area (Å²) in [7, 11) is 0. The van der Waals surface area contributed by atoms with Crippen molar-refractivity contribution in [2.75, 3.05) is 32.8 Å². The molecular weight excluding hydrogens is 483 g/mol. The maximum atomic E-state index is 13.3. The minimum atomic E-state index is -0.733. The molecule has 3 N–H and O–H groups in total. The second kappa shape index (κ2) is 12.4. The Morgan fingerprint density at radius 2 is 1.74 bits per heavy atom. The lowest BCUT2D eigenvalue weighted by atomic mass is 9.88. The Hall–Kier alpha value is -3.51. The van der Waals surface area contributed by atoms with Gasteiger partial charge in [-0.15, -0.1) is 0 Å². The van der Waals surface area contributed by atoms with Crippen LogP contribution in [0.3, 0.4) is 0 Å². The lowest BCUT2D eigenvalue weighted by Gasteiger charge is -2.32. The number of aromatic amines is 1. The molecule has 0 spiro atoms. The molecular formula is C30H33FN4O3. The first-order valence-electron chi connectivity index (χ1n) is 13.2. The zero-order valence-electron chi connectivity index (χ0n) is 21.3. The number of ether oxygens (including phenoxy) is 1. The molecule has 0 bridgehead atoms. The van der Waals surface area contributed by atoms with Gasteiger partial charge in [-0.2, -0.15) is 0 Å². The van der Waals surface area contributed by atoms with Crippen LogP contribution in [0.5, 0.6) is 5.75 Å². The fourth-order valence-electron chi connectivity index (χ4n) is 4.84. The van der Waals surface area contributed by atoms with E-state index in [1.165, 1.54) is 11.9 Å². The van der Waals surface area contributed by atoms with Crippen molar-refractivity contribution in [1.29, 1.82) is 0 Å². The summed E-state index contributed by atoms with van der Waals surface area (Å²) >= 11 is 0. The van der Waals surface area contributed by atoms with E-state index in [0.29, 0.717) is 31.5 Å². The number of aromatic hydroxyl groups is 1. The average Bonchev–Trinajstić information content (AvgIpc) is 2.92. The molecule has 8 heteroatoms. The average molecular weight is 517 g/mol. The van der Waals surface area contributed by atoms with Gasteiger partial charge in [-0.05, 0) is 48.2 Å². The smallest absolute Gasteiger partial charge is 0.293 e. The molecule has 7 nitrogen and oxygen atoms in total. The Morgan fingerprint density at radius 1 is 1.08 bits per heavy atom. The third kappa shape index (κ3) is 6.87. The Labute approximate surface area is 222 Å². The summed E-state index contributed by atoms with van der Waals surface area (Å²) in [6.45, 7) is 5.04. The molecule has 0 radical (unpaired) electrons. The van der Waals surface area contributed by atoms with Gasteiger partial charge < -0.3 is 20.1 Å². The highest BCUT2D eigenvalue weighted by atomic mass is 19.1. The Bertz CT molecular complexity index is 1320. The molecule has 1 aliphatic heterocycles. The molecule has 198 valence electrons. The van der Waals surface area contributed by atoms with Crippen molar-refractivity contribution in [3.05, 3.63) is 93.2 Å². The van der Waals surface area contributed by atoms with Gasteiger partial charge in [0.15, 0.2) is 0 Å². The van der Waals surface area contributed by atoms with Gasteiger partial charge in [0.05, 0.1) is 25.2 Å². The van der Waals surface area contributed by atoms with Gasteiger partial charge in [-0.1, -0.05) is 36.1 Å². The Kier molecular flexibility index (Phi) is 8.49. The van der Waals surface area contributed by atoms with Crippen molar-refractivity contribution in [2.45, 2.75) is 43.9 Å². The number of benzene rings is 2. The minimum absolute atomic E-state index is 0.0464. The van der Waals surface area contributed by atoms with Gasteiger partial charge >= 0.3 is 0 Å². The zero-order chi connectivity index (χ0) is 26.3. The molecule has 0 amide bonds. The van der Waals surface area contributed by atoms with Gasteiger partial charge in [0.1, 0.15) is 6.17 Å². The number of morpholine rings is 1. The number of H-pyrrole nitrogens is 1. The summed E-state index contributed by atoms with van der Waals surface area (Å²) in [5.41, 5.74) is 3.96. The van der Waals surface area contributed by atoms with Crippen molar-refractivity contribution < 1.29 is 14.2 Å². The number of alkyl halides is 1. The van der Waals surface area contributed by atoms with E-state index < -0.39 is 11.7 Å². The predicted octanol–water partition coefficient (Wildman–Crippen LogP) is 3.12. The highest BCUT2D eigenvalue weighted by Gasteiger charge is 2.29. The van der Waals surface area contributed by atoms with E-state index in [2.05, 4.69) is 56.3 Å². The van der Waals surface area contributed by atoms with Crippen LogP contribution in [0, 0.1) is 11.8 Å². The topological polar surface area (TPSA) is 90.5 Å². The summed E-state index contributed by atoms with van der Waals surface area (Å²) < 4.78 is 18.7. The van der Waals surface area contributed by atoms with Crippen LogP contribution in [-0.2, 0) is 17.7 Å². The van der Waals surface area contributed by atoms with Crippen molar-refractivity contribution in [2.24, 2.45) is 0 Å². The van der Waals surface area contributed by atoms with Crippen LogP contribution in [0.1, 0.15) is 46.7 Å². The highest BCUT2D eigenvalue weighted by molar-refractivity contribution is 5.44. The van der Waals surface area contributed by atoms with E-state index in [-0.39, 0.29) is 17.7 Å². The van der Waals surface area contributed by atoms with Gasteiger partial charge in [0.25, 0.3) is 5.56 Å². The number of hydrogen-bond donors (Lipinski definition) is 3. The van der Waals surface area contributed by atoms with Crippen molar-refractivity contribution >= 4 is 0 Å². The van der Waals surface area contributed by atoms with Crippen LogP contribution in [0.25, 0.3) is 0 Å². The van der Waals surface area contributed by atoms with E-state index in [1.807, 2.05) is 24.3 Å². The Morgan fingerprint density at radius 3 is 2.39 bits per heavy atom. The van der Waals surface area contributed by atoms with Crippen molar-refractivity contribution in [3.63, 3.8) is 0 Å². The second-order valence-corrected chi connectivity index (χ2v) is 10.1. The lowest BCUT2D eigenvalue weighted by Crippen LogP contribution is -2.44. The summed E-state index contributed by atoms with van der Waals surface area (Å²) in [6, 6.07) is 16.5. The normalized spacial score (nSPS) is 20.2. The third-order valence-electron chi connectivity index (χ3n) is 7.27. The fraction of sp³-hybridized carbons (Fsp3) is 0.400. The van der Waals surface area contributed by atoms with Gasteiger partial charge in [-0.3, -0.25) is 9.69 Å². The summed E-state index contributed by atoms with van der Waals surface area (Å²) in [4.78, 5) is 20.8. The summed E-state index contributed by atoms with van der Waals surface area (Å²) in [6.07, 6.45) is 1.99. The van der Waals surface area contributed by atoms with Crippen molar-refractivity contribution in [1.82, 2.24) is 20.2 Å². The van der Waals surface area contributed by atoms with Crippen LogP contribution >= 0.6 is 0 Å². The van der Waals surface area contributed by atoms with Gasteiger partial charge in [0, 0.05) is 55.7 Å². The predicted molar refractivity (Wildman–Crippen MR) is 144 cm³/mol. The molecule has 2 aliphatic rings. The van der Waals surface area contributed by atoms with E-state index in [9.17, 15) is 14.3 Å². The lowest BCUT2D eigenvalue weighted by molar-refractivity contribution is 0.0342. The molecule has 1 atom stereocenters. The summed E-state index contributed by atoms with van der Waals surface area (Å²) in [5.74, 6) is 6.07. The summed E-state index contributed by atoms with van der Waals surface area (Å²) in [5, 5.41) is 13.6. The molecule has 2 heterocycles.